The van der Waals surface area contributed by atoms with E-state index in [1.807, 2.05) is 0 Å². The zero-order valence-corrected chi connectivity index (χ0v) is 28.9. The van der Waals surface area contributed by atoms with Crippen LogP contribution in [0.4, 0.5) is 0 Å². The molecule has 0 aliphatic carbocycles. The molecular weight excluding hydrogens is 575 g/mol. The molecule has 4 nitrogen and oxygen atoms in total. The third kappa shape index (κ3) is 12.5. The second-order valence-electron chi connectivity index (χ2n) is 11.3. The fraction of sp³-hybridized carbons (Fsp3) is 0.579. The Morgan fingerprint density at radius 1 is 0.581 bits per heavy atom. The minimum atomic E-state index is 0.808. The van der Waals surface area contributed by atoms with Gasteiger partial charge < -0.3 is 5.53 Å². The molecule has 0 saturated carbocycles. The number of allylic oxidation sites excluding steroid dienone is 2. The van der Waals surface area contributed by atoms with Crippen molar-refractivity contribution in [1.29, 1.82) is 0 Å². The molecule has 0 aromatic heterocycles. The number of unbranched alkanes of at least 4 members (excludes halogenated alkanes) is 6. The van der Waals surface area contributed by atoms with Crippen LogP contribution in [0.1, 0.15) is 141 Å². The van der Waals surface area contributed by atoms with Crippen LogP contribution in [0.25, 0.3) is 16.9 Å². The number of aryl methyl sites for hydroxylation is 2. The van der Waals surface area contributed by atoms with Gasteiger partial charge in [0.05, 0.1) is 0 Å². The molecule has 3 rings (SSSR count). The maximum absolute atomic E-state index is 11.6. The van der Waals surface area contributed by atoms with Gasteiger partial charge in [0, 0.05) is 22.3 Å². The summed E-state index contributed by atoms with van der Waals surface area (Å²) in [5.41, 5.74) is 21.2. The molecule has 242 valence electrons. The van der Waals surface area contributed by atoms with Gasteiger partial charge in [0.25, 0.3) is 0 Å². The Hall–Kier alpha value is -2.07. The first-order valence-corrected chi connectivity index (χ1v) is 17.8. The van der Waals surface area contributed by atoms with Gasteiger partial charge in [-0.1, -0.05) is 77.6 Å². The first-order chi connectivity index (χ1) is 21.1. The molecule has 5 heteroatoms. The molecule has 0 fully saturated rings. The van der Waals surface area contributed by atoms with Crippen molar-refractivity contribution in [2.75, 3.05) is 13.2 Å². The number of hydrogen-bond donors (Lipinski definition) is 0. The number of nitrogens with zero attached hydrogens (tertiary/aromatic N) is 2. The molecule has 0 unspecified atom stereocenters. The summed E-state index contributed by atoms with van der Waals surface area (Å²) >= 11 is 0.968. The Bertz CT molecular complexity index is 1150. The maximum atomic E-state index is 11.6. The second kappa shape index (κ2) is 22.4. The fourth-order valence-corrected chi connectivity index (χ4v) is 5.74. The molecule has 1 aliphatic heterocycles. The van der Waals surface area contributed by atoms with Crippen LogP contribution in [0.15, 0.2) is 59.7 Å². The summed E-state index contributed by atoms with van der Waals surface area (Å²) in [6.07, 6.45) is 15.9. The van der Waals surface area contributed by atoms with Gasteiger partial charge in [0.15, 0.2) is 0 Å². The fourth-order valence-electron chi connectivity index (χ4n) is 5.20. The summed E-state index contributed by atoms with van der Waals surface area (Å²) in [6.45, 7) is 14.8. The first kappa shape index (κ1) is 37.1. The van der Waals surface area contributed by atoms with Crippen molar-refractivity contribution in [2.24, 2.45) is 0 Å². The van der Waals surface area contributed by atoms with E-state index >= 15 is 0 Å². The Morgan fingerprint density at radius 3 is 1.49 bits per heavy atom. The van der Waals surface area contributed by atoms with Crippen molar-refractivity contribution in [3.8, 4) is 0 Å². The van der Waals surface area contributed by atoms with Crippen molar-refractivity contribution in [3.63, 3.8) is 0 Å². The molecule has 1 heterocycles. The summed E-state index contributed by atoms with van der Waals surface area (Å²) in [5.74, 6) is 0. The van der Waals surface area contributed by atoms with Gasteiger partial charge in [-0.15, -0.1) is 0 Å². The quantitative estimate of drug-likeness (QED) is 0.0827. The van der Waals surface area contributed by atoms with Gasteiger partial charge in [-0.2, -0.15) is 0 Å². The second-order valence-corrected chi connectivity index (χ2v) is 12.1. The van der Waals surface area contributed by atoms with E-state index in [4.69, 9.17) is 7.76 Å². The first-order valence-electron chi connectivity index (χ1n) is 17.0. The van der Waals surface area contributed by atoms with Gasteiger partial charge in [0.2, 0.25) is 11.4 Å². The van der Waals surface area contributed by atoms with E-state index in [9.17, 15) is 5.53 Å². The van der Waals surface area contributed by atoms with Crippen LogP contribution >= 0.6 is 0 Å². The SMILES string of the molecule is CCCCCCC1=C(c2cccc(CC)c2)[N+](=[N-])C(c2cccc(CC)c2)=C1CCCC.CCCC[O][Ni][O]CCCC. The van der Waals surface area contributed by atoms with E-state index in [0.29, 0.717) is 0 Å². The van der Waals surface area contributed by atoms with Crippen LogP contribution in [0.3, 0.4) is 0 Å². The Morgan fingerprint density at radius 2 is 1.05 bits per heavy atom. The van der Waals surface area contributed by atoms with E-state index in [2.05, 4.69) is 90.1 Å². The van der Waals surface area contributed by atoms with Crippen LogP contribution in [0.2, 0.25) is 0 Å². The average Bonchev–Trinajstić information content (AvgIpc) is 3.32. The zero-order chi connectivity index (χ0) is 31.3. The monoisotopic (exact) mass is 632 g/mol. The Labute approximate surface area is 270 Å². The molecule has 0 atom stereocenters. The van der Waals surface area contributed by atoms with E-state index in [-0.39, 0.29) is 0 Å². The number of benzene rings is 2. The van der Waals surface area contributed by atoms with Crippen molar-refractivity contribution >= 4 is 11.4 Å². The standard InChI is InChI=1S/C30H40N2.2C4H9O.Ni/c1-5-9-11-12-20-28-27(19-10-6-2)29(25-17-13-15-23(7-3)21-25)32(31)30(28)26-18-14-16-24(8-4)22-26;2*1-2-3-4-5;/h13-18,21-22H,5-12,19-20H2,1-4H3;2*2-4H2,1H3;/q;2*-1;+2. The molecule has 2 aromatic rings. The summed E-state index contributed by atoms with van der Waals surface area (Å²) in [7, 11) is 0. The molecule has 0 bridgehead atoms. The molecule has 0 N–H and O–H groups in total. The van der Waals surface area contributed by atoms with Gasteiger partial charge in [-0.05, 0) is 73.9 Å². The third-order valence-electron chi connectivity index (χ3n) is 7.84. The van der Waals surface area contributed by atoms with E-state index in [1.165, 1.54) is 65.5 Å². The van der Waals surface area contributed by atoms with Crippen molar-refractivity contribution in [1.82, 2.24) is 0 Å². The van der Waals surface area contributed by atoms with Crippen LogP contribution in [-0.4, -0.2) is 17.9 Å². The third-order valence-corrected chi connectivity index (χ3v) is 8.47. The molecule has 0 saturated heterocycles. The number of hydrogen-bond acceptors (Lipinski definition) is 2. The number of rotatable bonds is 20. The van der Waals surface area contributed by atoms with Gasteiger partial charge in [0.1, 0.15) is 0 Å². The predicted octanol–water partition coefficient (Wildman–Crippen LogP) is 11.7. The zero-order valence-electron chi connectivity index (χ0n) is 28.0. The molecule has 1 aliphatic rings. The van der Waals surface area contributed by atoms with Crippen molar-refractivity contribution in [2.45, 2.75) is 131 Å². The summed E-state index contributed by atoms with van der Waals surface area (Å²) in [4.78, 5) is 0. The summed E-state index contributed by atoms with van der Waals surface area (Å²) < 4.78 is 11.8. The van der Waals surface area contributed by atoms with Crippen LogP contribution in [0, 0.1) is 0 Å². The van der Waals surface area contributed by atoms with Crippen LogP contribution < -0.4 is 0 Å². The average molecular weight is 634 g/mol. The molecule has 0 radical (unpaired) electrons. The van der Waals surface area contributed by atoms with Gasteiger partial charge in [-0.3, -0.25) is 0 Å². The van der Waals surface area contributed by atoms with E-state index in [0.717, 1.165) is 102 Å². The molecule has 0 spiro atoms. The Balaban J connectivity index is 0.000000499. The minimum absolute atomic E-state index is 0.808. The molecule has 43 heavy (non-hydrogen) atoms. The van der Waals surface area contributed by atoms with Crippen molar-refractivity contribution in [3.05, 3.63) is 87.5 Å². The molecule has 2 aromatic carbocycles. The van der Waals surface area contributed by atoms with Crippen molar-refractivity contribution < 1.29 is 27.5 Å². The summed E-state index contributed by atoms with van der Waals surface area (Å²) in [6, 6.07) is 17.4. The topological polar surface area (TPSA) is 43.8 Å². The van der Waals surface area contributed by atoms with Crippen LogP contribution in [0.5, 0.6) is 0 Å². The van der Waals surface area contributed by atoms with E-state index in [1.54, 1.807) is 0 Å². The normalized spacial score (nSPS) is 13.2. The Kier molecular flexibility index (Phi) is 19.4. The molecular formula is C38H58N2NiO2. The summed E-state index contributed by atoms with van der Waals surface area (Å²) in [5, 5.41) is 0. The van der Waals surface area contributed by atoms with Gasteiger partial charge in [-0.25, -0.2) is 4.70 Å². The molecule has 0 amide bonds. The van der Waals surface area contributed by atoms with Gasteiger partial charge >= 0.3 is 75.6 Å². The van der Waals surface area contributed by atoms with E-state index < -0.39 is 0 Å². The predicted molar refractivity (Wildman–Crippen MR) is 179 cm³/mol. The van der Waals surface area contributed by atoms with Crippen LogP contribution in [-0.2, 0) is 35.7 Å².